The minimum absolute atomic E-state index is 0.00228. The van der Waals surface area contributed by atoms with Crippen molar-refractivity contribution in [2.45, 2.75) is 37.9 Å². The van der Waals surface area contributed by atoms with Crippen LogP contribution in [-0.2, 0) is 11.3 Å². The van der Waals surface area contributed by atoms with Crippen LogP contribution in [0.25, 0.3) is 0 Å². The van der Waals surface area contributed by atoms with E-state index in [0.717, 1.165) is 25.1 Å². The Labute approximate surface area is 112 Å². The summed E-state index contributed by atoms with van der Waals surface area (Å²) in [6.45, 7) is 0.952. The van der Waals surface area contributed by atoms with Crippen molar-refractivity contribution in [2.24, 2.45) is 11.0 Å². The molecule has 3 aliphatic heterocycles. The van der Waals surface area contributed by atoms with Crippen LogP contribution in [0.3, 0.4) is 0 Å². The summed E-state index contributed by atoms with van der Waals surface area (Å²) in [5.41, 5.74) is 5.07. The lowest BCUT2D eigenvalue weighted by Gasteiger charge is -2.37. The highest BCUT2D eigenvalue weighted by molar-refractivity contribution is 6.09. The highest BCUT2D eigenvalue weighted by Gasteiger charge is 2.50. The maximum atomic E-state index is 11.9. The van der Waals surface area contributed by atoms with E-state index in [1.54, 1.807) is 0 Å². The van der Waals surface area contributed by atoms with Gasteiger partial charge in [-0.2, -0.15) is 5.10 Å². The normalized spacial score (nSPS) is 32.9. The first-order valence-electron chi connectivity index (χ1n) is 6.99. The number of hydrogen-bond donors (Lipinski definition) is 1. The highest BCUT2D eigenvalue weighted by atomic mass is 16.2. The van der Waals surface area contributed by atoms with Crippen molar-refractivity contribution in [1.29, 1.82) is 0 Å². The molecule has 0 radical (unpaired) electrons. The number of piperidine rings is 1. The first kappa shape index (κ1) is 11.2. The van der Waals surface area contributed by atoms with Gasteiger partial charge < -0.3 is 0 Å². The molecule has 3 atom stereocenters. The lowest BCUT2D eigenvalue weighted by molar-refractivity contribution is -0.123. The summed E-state index contributed by atoms with van der Waals surface area (Å²) in [6.07, 6.45) is 3.27. The SMILES string of the molecule is O=C1NN=C2C[C@@H]3CC[C@H]([C@@H]12)N3Cc1ccccc1. The largest absolute Gasteiger partial charge is 0.292 e. The van der Waals surface area contributed by atoms with Crippen LogP contribution in [0, 0.1) is 5.92 Å². The van der Waals surface area contributed by atoms with Crippen molar-refractivity contribution in [2.75, 3.05) is 0 Å². The Morgan fingerprint density at radius 2 is 2.11 bits per heavy atom. The molecule has 0 aromatic heterocycles. The van der Waals surface area contributed by atoms with Gasteiger partial charge in [-0.3, -0.25) is 9.69 Å². The molecule has 98 valence electrons. The number of nitrogens with zero attached hydrogens (tertiary/aromatic N) is 2. The lowest BCUT2D eigenvalue weighted by atomic mass is 9.88. The summed E-state index contributed by atoms with van der Waals surface area (Å²) in [6, 6.07) is 11.4. The fourth-order valence-electron chi connectivity index (χ4n) is 3.81. The van der Waals surface area contributed by atoms with Gasteiger partial charge in [-0.1, -0.05) is 30.3 Å². The van der Waals surface area contributed by atoms with Gasteiger partial charge >= 0.3 is 0 Å². The smallest absolute Gasteiger partial charge is 0.250 e. The van der Waals surface area contributed by atoms with Crippen LogP contribution in [0.4, 0.5) is 0 Å². The first-order chi connectivity index (χ1) is 9.33. The summed E-state index contributed by atoms with van der Waals surface area (Å²) in [5, 5.41) is 4.21. The van der Waals surface area contributed by atoms with E-state index in [-0.39, 0.29) is 11.8 Å². The molecular formula is C15H17N3O. The standard InChI is InChI=1S/C15H17N3O/c19-15-14-12(16-17-15)8-11-6-7-13(14)18(11)9-10-4-2-1-3-5-10/h1-5,11,13-14H,6-9H2,(H,17,19)/t11-,13+,14-/m0/s1. The number of nitrogens with one attached hydrogen (secondary N) is 1. The summed E-state index contributed by atoms with van der Waals surface area (Å²) >= 11 is 0. The van der Waals surface area contributed by atoms with Gasteiger partial charge in [0, 0.05) is 25.0 Å². The van der Waals surface area contributed by atoms with Gasteiger partial charge in [0.25, 0.3) is 5.91 Å². The second-order valence-electron chi connectivity index (χ2n) is 5.72. The fraction of sp³-hybridized carbons (Fsp3) is 0.467. The number of fused-ring (bicyclic) bond motifs is 4. The molecule has 0 aliphatic carbocycles. The molecule has 0 spiro atoms. The number of hydrogen-bond acceptors (Lipinski definition) is 3. The topological polar surface area (TPSA) is 44.7 Å². The maximum Gasteiger partial charge on any atom is 0.250 e. The zero-order chi connectivity index (χ0) is 12.8. The van der Waals surface area contributed by atoms with E-state index in [9.17, 15) is 4.79 Å². The van der Waals surface area contributed by atoms with Crippen LogP contribution in [0.2, 0.25) is 0 Å². The Morgan fingerprint density at radius 1 is 1.26 bits per heavy atom. The number of rotatable bonds is 2. The van der Waals surface area contributed by atoms with Crippen molar-refractivity contribution in [1.82, 2.24) is 10.3 Å². The van der Waals surface area contributed by atoms with Crippen LogP contribution in [0.1, 0.15) is 24.8 Å². The third-order valence-corrected chi connectivity index (χ3v) is 4.68. The number of hydrazone groups is 1. The summed E-state index contributed by atoms with van der Waals surface area (Å²) in [5.74, 6) is 0.0980. The van der Waals surface area contributed by atoms with Crippen LogP contribution in [0.15, 0.2) is 35.4 Å². The van der Waals surface area contributed by atoms with Gasteiger partial charge in [0.15, 0.2) is 0 Å². The Hall–Kier alpha value is -1.68. The Kier molecular flexibility index (Phi) is 2.45. The van der Waals surface area contributed by atoms with Crippen molar-refractivity contribution >= 4 is 11.6 Å². The van der Waals surface area contributed by atoms with E-state index in [2.05, 4.69) is 39.7 Å². The molecule has 4 rings (SSSR count). The Morgan fingerprint density at radius 3 is 2.95 bits per heavy atom. The van der Waals surface area contributed by atoms with Crippen LogP contribution < -0.4 is 5.43 Å². The Balaban J connectivity index is 1.61. The second-order valence-corrected chi connectivity index (χ2v) is 5.72. The predicted molar refractivity (Wildman–Crippen MR) is 72.5 cm³/mol. The molecule has 1 amide bonds. The number of benzene rings is 1. The van der Waals surface area contributed by atoms with E-state index in [4.69, 9.17) is 0 Å². The van der Waals surface area contributed by atoms with Gasteiger partial charge in [0.1, 0.15) is 0 Å². The van der Waals surface area contributed by atoms with Gasteiger partial charge in [-0.15, -0.1) is 0 Å². The molecule has 19 heavy (non-hydrogen) atoms. The van der Waals surface area contributed by atoms with E-state index >= 15 is 0 Å². The highest BCUT2D eigenvalue weighted by Crippen LogP contribution is 2.40. The molecule has 2 bridgehead atoms. The molecule has 0 saturated carbocycles. The average molecular weight is 255 g/mol. The minimum Gasteiger partial charge on any atom is -0.292 e. The van der Waals surface area contributed by atoms with Crippen molar-refractivity contribution in [3.8, 4) is 0 Å². The first-order valence-corrected chi connectivity index (χ1v) is 6.99. The summed E-state index contributed by atoms with van der Waals surface area (Å²) in [4.78, 5) is 14.5. The molecule has 2 fully saturated rings. The van der Waals surface area contributed by atoms with Crippen LogP contribution in [0.5, 0.6) is 0 Å². The third-order valence-electron chi connectivity index (χ3n) is 4.68. The quantitative estimate of drug-likeness (QED) is 0.871. The second kappa shape index (κ2) is 4.17. The van der Waals surface area contributed by atoms with E-state index < -0.39 is 0 Å². The van der Waals surface area contributed by atoms with Gasteiger partial charge in [-0.05, 0) is 18.4 Å². The third kappa shape index (κ3) is 1.70. The molecule has 3 aliphatic rings. The fourth-order valence-corrected chi connectivity index (χ4v) is 3.81. The van der Waals surface area contributed by atoms with Gasteiger partial charge in [0.05, 0.1) is 11.6 Å². The average Bonchev–Trinajstić information content (AvgIpc) is 2.92. The van der Waals surface area contributed by atoms with Crippen molar-refractivity contribution in [3.63, 3.8) is 0 Å². The van der Waals surface area contributed by atoms with Crippen LogP contribution >= 0.6 is 0 Å². The molecule has 0 unspecified atom stereocenters. The molecule has 2 saturated heterocycles. The van der Waals surface area contributed by atoms with E-state index in [0.29, 0.717) is 12.1 Å². The molecule has 3 heterocycles. The minimum atomic E-state index is 0.00228. The zero-order valence-corrected chi connectivity index (χ0v) is 10.7. The van der Waals surface area contributed by atoms with Crippen molar-refractivity contribution < 1.29 is 4.79 Å². The monoisotopic (exact) mass is 255 g/mol. The number of carbonyl (C=O) groups excluding carboxylic acids is 1. The number of amides is 1. The van der Waals surface area contributed by atoms with Crippen molar-refractivity contribution in [3.05, 3.63) is 35.9 Å². The molecule has 1 aromatic carbocycles. The Bertz CT molecular complexity index is 540. The van der Waals surface area contributed by atoms with Crippen LogP contribution in [-0.4, -0.2) is 28.6 Å². The van der Waals surface area contributed by atoms with Gasteiger partial charge in [-0.25, -0.2) is 5.43 Å². The predicted octanol–water partition coefficient (Wildman–Crippen LogP) is 1.53. The molecule has 4 nitrogen and oxygen atoms in total. The van der Waals surface area contributed by atoms with Gasteiger partial charge in [0.2, 0.25) is 0 Å². The summed E-state index contributed by atoms with van der Waals surface area (Å²) < 4.78 is 0. The lowest BCUT2D eigenvalue weighted by Crippen LogP contribution is -2.50. The molecule has 4 heteroatoms. The van der Waals surface area contributed by atoms with E-state index in [1.165, 1.54) is 12.0 Å². The maximum absolute atomic E-state index is 11.9. The molecule has 1 N–H and O–H groups in total. The summed E-state index contributed by atoms with van der Waals surface area (Å²) in [7, 11) is 0. The molecular weight excluding hydrogens is 238 g/mol. The van der Waals surface area contributed by atoms with E-state index in [1.807, 2.05) is 6.07 Å². The number of carbonyl (C=O) groups is 1. The zero-order valence-electron chi connectivity index (χ0n) is 10.7. The molecule has 1 aromatic rings.